The van der Waals surface area contributed by atoms with Crippen LogP contribution in [-0.2, 0) is 15.9 Å². The molecule has 3 nitrogen and oxygen atoms in total. The molecule has 108 valence electrons. The Morgan fingerprint density at radius 1 is 1.21 bits per heavy atom. The second-order valence-electron chi connectivity index (χ2n) is 4.61. The van der Waals surface area contributed by atoms with Gasteiger partial charge in [-0.2, -0.15) is 0 Å². The third kappa shape index (κ3) is 6.92. The molecule has 0 saturated heterocycles. The molecule has 0 amide bonds. The molecule has 1 rings (SSSR count). The van der Waals surface area contributed by atoms with Crippen LogP contribution in [0.4, 0.5) is 0 Å². The van der Waals surface area contributed by atoms with Crippen molar-refractivity contribution in [2.75, 3.05) is 40.5 Å². The molecule has 1 aromatic rings. The molecular weight excluding hydrogens is 262 g/mol. The van der Waals surface area contributed by atoms with Crippen molar-refractivity contribution in [2.45, 2.75) is 12.8 Å². The van der Waals surface area contributed by atoms with Crippen LogP contribution in [0.5, 0.6) is 0 Å². The molecule has 1 atom stereocenters. The minimum Gasteiger partial charge on any atom is -0.382 e. The summed E-state index contributed by atoms with van der Waals surface area (Å²) in [5.74, 6) is 0.535. The molecule has 0 radical (unpaired) electrons. The van der Waals surface area contributed by atoms with Gasteiger partial charge < -0.3 is 14.8 Å². The van der Waals surface area contributed by atoms with Crippen LogP contribution in [0.3, 0.4) is 0 Å². The van der Waals surface area contributed by atoms with Gasteiger partial charge in [-0.3, -0.25) is 0 Å². The van der Waals surface area contributed by atoms with Gasteiger partial charge in [-0.25, -0.2) is 0 Å². The van der Waals surface area contributed by atoms with E-state index in [1.807, 2.05) is 25.2 Å². The van der Waals surface area contributed by atoms with Crippen molar-refractivity contribution in [1.29, 1.82) is 0 Å². The predicted octanol–water partition coefficient (Wildman–Crippen LogP) is 2.77. The summed E-state index contributed by atoms with van der Waals surface area (Å²) < 4.78 is 10.5. The Kier molecular flexibility index (Phi) is 8.84. The average Bonchev–Trinajstić information content (AvgIpc) is 2.41. The van der Waals surface area contributed by atoms with Crippen molar-refractivity contribution >= 4 is 11.6 Å². The van der Waals surface area contributed by atoms with Crippen LogP contribution in [0, 0.1) is 5.92 Å². The first-order valence-electron chi connectivity index (χ1n) is 6.72. The molecule has 0 aromatic heterocycles. The summed E-state index contributed by atoms with van der Waals surface area (Å²) in [6, 6.07) is 8.04. The minimum absolute atomic E-state index is 0.535. The van der Waals surface area contributed by atoms with E-state index in [1.165, 1.54) is 5.56 Å². The zero-order valence-electron chi connectivity index (χ0n) is 11.8. The fourth-order valence-electron chi connectivity index (χ4n) is 2.03. The molecule has 0 spiro atoms. The summed E-state index contributed by atoms with van der Waals surface area (Å²) in [5, 5.41) is 4.09. The van der Waals surface area contributed by atoms with Gasteiger partial charge in [0.1, 0.15) is 0 Å². The minimum atomic E-state index is 0.535. The predicted molar refractivity (Wildman–Crippen MR) is 79.9 cm³/mol. The standard InChI is InChI=1S/C15H24ClNO2/c1-17-12-13(7-8-19-10-9-18-2)11-14-5-3-4-6-15(14)16/h3-6,13,17H,7-12H2,1-2H3. The molecule has 19 heavy (non-hydrogen) atoms. The number of methoxy groups -OCH3 is 1. The van der Waals surface area contributed by atoms with Crippen molar-refractivity contribution in [1.82, 2.24) is 5.32 Å². The molecular formula is C15H24ClNO2. The molecule has 1 aromatic carbocycles. The van der Waals surface area contributed by atoms with Crippen LogP contribution in [0.25, 0.3) is 0 Å². The molecule has 0 saturated carbocycles. The zero-order chi connectivity index (χ0) is 13.9. The number of hydrogen-bond donors (Lipinski definition) is 1. The SMILES string of the molecule is CNCC(CCOCCOC)Cc1ccccc1Cl. The van der Waals surface area contributed by atoms with Crippen molar-refractivity contribution in [3.63, 3.8) is 0 Å². The lowest BCUT2D eigenvalue weighted by Gasteiger charge is -2.17. The van der Waals surface area contributed by atoms with Crippen LogP contribution in [0.2, 0.25) is 5.02 Å². The molecule has 0 bridgehead atoms. The smallest absolute Gasteiger partial charge is 0.0700 e. The van der Waals surface area contributed by atoms with Gasteiger partial charge in [0, 0.05) is 18.7 Å². The first-order chi connectivity index (χ1) is 9.27. The number of nitrogens with one attached hydrogen (secondary N) is 1. The Hall–Kier alpha value is -0.610. The molecule has 1 unspecified atom stereocenters. The molecule has 0 fully saturated rings. The summed E-state index contributed by atoms with van der Waals surface area (Å²) in [6.07, 6.45) is 2.00. The highest BCUT2D eigenvalue weighted by atomic mass is 35.5. The number of hydrogen-bond acceptors (Lipinski definition) is 3. The summed E-state index contributed by atoms with van der Waals surface area (Å²) in [5.41, 5.74) is 1.21. The molecule has 0 aliphatic carbocycles. The van der Waals surface area contributed by atoms with Crippen LogP contribution in [0.1, 0.15) is 12.0 Å². The monoisotopic (exact) mass is 285 g/mol. The van der Waals surface area contributed by atoms with E-state index in [0.29, 0.717) is 19.1 Å². The van der Waals surface area contributed by atoms with E-state index in [0.717, 1.165) is 31.0 Å². The number of benzene rings is 1. The second kappa shape index (κ2) is 10.2. The summed E-state index contributed by atoms with van der Waals surface area (Å²) in [6.45, 7) is 3.05. The van der Waals surface area contributed by atoms with Gasteiger partial charge in [0.25, 0.3) is 0 Å². The lowest BCUT2D eigenvalue weighted by molar-refractivity contribution is 0.0637. The maximum atomic E-state index is 6.20. The lowest BCUT2D eigenvalue weighted by Crippen LogP contribution is -2.22. The van der Waals surface area contributed by atoms with E-state index in [-0.39, 0.29) is 0 Å². The van der Waals surface area contributed by atoms with Gasteiger partial charge >= 0.3 is 0 Å². The highest BCUT2D eigenvalue weighted by Crippen LogP contribution is 2.20. The van der Waals surface area contributed by atoms with Crippen molar-refractivity contribution in [3.8, 4) is 0 Å². The number of ether oxygens (including phenoxy) is 2. The molecule has 1 N–H and O–H groups in total. The maximum absolute atomic E-state index is 6.20. The van der Waals surface area contributed by atoms with Crippen molar-refractivity contribution < 1.29 is 9.47 Å². The van der Waals surface area contributed by atoms with E-state index in [4.69, 9.17) is 21.1 Å². The fraction of sp³-hybridized carbons (Fsp3) is 0.600. The largest absolute Gasteiger partial charge is 0.382 e. The molecule has 0 heterocycles. The van der Waals surface area contributed by atoms with Gasteiger partial charge in [-0.05, 0) is 44.0 Å². The average molecular weight is 286 g/mol. The summed E-state index contributed by atoms with van der Waals surface area (Å²) >= 11 is 6.20. The molecule has 4 heteroatoms. The van der Waals surface area contributed by atoms with Gasteiger partial charge in [0.05, 0.1) is 13.2 Å². The highest BCUT2D eigenvalue weighted by molar-refractivity contribution is 6.31. The quantitative estimate of drug-likeness (QED) is 0.671. The van der Waals surface area contributed by atoms with Gasteiger partial charge in [-0.1, -0.05) is 29.8 Å². The lowest BCUT2D eigenvalue weighted by atomic mass is 9.96. The Morgan fingerprint density at radius 2 is 2.00 bits per heavy atom. The van der Waals surface area contributed by atoms with Gasteiger partial charge in [0.2, 0.25) is 0 Å². The highest BCUT2D eigenvalue weighted by Gasteiger charge is 2.11. The van der Waals surface area contributed by atoms with Crippen LogP contribution in [-0.4, -0.2) is 40.5 Å². The maximum Gasteiger partial charge on any atom is 0.0700 e. The van der Waals surface area contributed by atoms with E-state index in [9.17, 15) is 0 Å². The Morgan fingerprint density at radius 3 is 2.68 bits per heavy atom. The van der Waals surface area contributed by atoms with Crippen LogP contribution in [0.15, 0.2) is 24.3 Å². The number of rotatable bonds is 10. The van der Waals surface area contributed by atoms with E-state index in [1.54, 1.807) is 7.11 Å². The zero-order valence-corrected chi connectivity index (χ0v) is 12.6. The van der Waals surface area contributed by atoms with Crippen LogP contribution < -0.4 is 5.32 Å². The van der Waals surface area contributed by atoms with Crippen molar-refractivity contribution in [3.05, 3.63) is 34.9 Å². The van der Waals surface area contributed by atoms with E-state index >= 15 is 0 Å². The molecule has 0 aliphatic heterocycles. The van der Waals surface area contributed by atoms with Gasteiger partial charge in [-0.15, -0.1) is 0 Å². The first-order valence-corrected chi connectivity index (χ1v) is 7.10. The third-order valence-electron chi connectivity index (χ3n) is 3.06. The van der Waals surface area contributed by atoms with E-state index < -0.39 is 0 Å². The fourth-order valence-corrected chi connectivity index (χ4v) is 2.25. The Bertz CT molecular complexity index is 347. The van der Waals surface area contributed by atoms with Gasteiger partial charge in [0.15, 0.2) is 0 Å². The van der Waals surface area contributed by atoms with E-state index in [2.05, 4.69) is 11.4 Å². The first kappa shape index (κ1) is 16.4. The Labute approximate surface area is 121 Å². The number of halogens is 1. The summed E-state index contributed by atoms with van der Waals surface area (Å²) in [4.78, 5) is 0. The normalized spacial score (nSPS) is 12.6. The second-order valence-corrected chi connectivity index (χ2v) is 5.02. The third-order valence-corrected chi connectivity index (χ3v) is 3.43. The topological polar surface area (TPSA) is 30.5 Å². The molecule has 0 aliphatic rings. The van der Waals surface area contributed by atoms with Crippen molar-refractivity contribution in [2.24, 2.45) is 5.92 Å². The summed E-state index contributed by atoms with van der Waals surface area (Å²) in [7, 11) is 3.66. The van der Waals surface area contributed by atoms with Crippen LogP contribution >= 0.6 is 11.6 Å². The Balaban J connectivity index is 2.37.